The fraction of sp³-hybridized carbons (Fsp3) is 0.893. The molecule has 0 aromatic carbocycles. The highest BCUT2D eigenvalue weighted by Crippen LogP contribution is 2.16. The minimum absolute atomic E-state index is 0.00219. The Balaban J connectivity index is 3.43. The molecule has 62 heavy (non-hydrogen) atoms. The van der Waals surface area contributed by atoms with Gasteiger partial charge in [-0.1, -0.05) is 250 Å². The van der Waals surface area contributed by atoms with Crippen LogP contribution in [0.5, 0.6) is 0 Å². The van der Waals surface area contributed by atoms with Gasteiger partial charge in [-0.3, -0.25) is 9.59 Å². The third-order valence-electron chi connectivity index (χ3n) is 12.7. The maximum atomic E-state index is 12.4. The first-order valence-corrected chi connectivity index (χ1v) is 27.6. The SMILES string of the molecule is CCCCCCC/C=C\CCCCCCCC(=O)OCCCCCCCCCCCCCCCCCCCCC(=O)NC(CO)C(O)/C=C/CCCCCCCCCCCCC. The summed E-state index contributed by atoms with van der Waals surface area (Å²) in [6, 6.07) is -0.630. The topological polar surface area (TPSA) is 95.9 Å². The highest BCUT2D eigenvalue weighted by Gasteiger charge is 2.18. The van der Waals surface area contributed by atoms with Crippen molar-refractivity contribution in [3.8, 4) is 0 Å². The Labute approximate surface area is 386 Å². The van der Waals surface area contributed by atoms with E-state index in [1.807, 2.05) is 6.08 Å². The van der Waals surface area contributed by atoms with Crippen molar-refractivity contribution in [2.24, 2.45) is 0 Å². The number of amides is 1. The van der Waals surface area contributed by atoms with Crippen molar-refractivity contribution in [3.63, 3.8) is 0 Å². The molecule has 0 aromatic rings. The number of carbonyl (C=O) groups excluding carboxylic acids is 2. The number of aliphatic hydroxyl groups is 2. The Morgan fingerprint density at radius 1 is 0.435 bits per heavy atom. The molecule has 0 aromatic heterocycles. The van der Waals surface area contributed by atoms with Crippen molar-refractivity contribution in [1.82, 2.24) is 5.32 Å². The smallest absolute Gasteiger partial charge is 0.305 e. The Morgan fingerprint density at radius 3 is 1.15 bits per heavy atom. The molecule has 2 atom stereocenters. The number of nitrogens with one attached hydrogen (secondary N) is 1. The summed E-state index contributed by atoms with van der Waals surface area (Å²) in [4.78, 5) is 24.4. The first-order chi connectivity index (χ1) is 30.5. The summed E-state index contributed by atoms with van der Waals surface area (Å²) >= 11 is 0. The molecular formula is C56H107NO5. The number of carbonyl (C=O) groups is 2. The van der Waals surface area contributed by atoms with Gasteiger partial charge < -0.3 is 20.3 Å². The molecule has 0 fully saturated rings. The number of esters is 1. The highest BCUT2D eigenvalue weighted by molar-refractivity contribution is 5.76. The third-order valence-corrected chi connectivity index (χ3v) is 12.7. The molecular weight excluding hydrogens is 767 g/mol. The Morgan fingerprint density at radius 2 is 0.758 bits per heavy atom. The normalized spacial score (nSPS) is 12.8. The van der Waals surface area contributed by atoms with Crippen molar-refractivity contribution >= 4 is 11.9 Å². The maximum absolute atomic E-state index is 12.4. The number of aliphatic hydroxyl groups excluding tert-OH is 2. The van der Waals surface area contributed by atoms with Gasteiger partial charge in [0.25, 0.3) is 0 Å². The zero-order valence-electron chi connectivity index (χ0n) is 41.6. The zero-order valence-corrected chi connectivity index (χ0v) is 41.6. The van der Waals surface area contributed by atoms with E-state index in [0.29, 0.717) is 19.4 Å². The van der Waals surface area contributed by atoms with Crippen LogP contribution in [0.15, 0.2) is 24.3 Å². The van der Waals surface area contributed by atoms with E-state index in [1.54, 1.807) is 6.08 Å². The van der Waals surface area contributed by atoms with E-state index in [2.05, 4.69) is 31.3 Å². The lowest BCUT2D eigenvalue weighted by Crippen LogP contribution is -2.45. The van der Waals surface area contributed by atoms with Crippen LogP contribution in [0.25, 0.3) is 0 Å². The predicted octanol–water partition coefficient (Wildman–Crippen LogP) is 16.7. The number of ether oxygens (including phenoxy) is 1. The number of hydrogen-bond donors (Lipinski definition) is 3. The standard InChI is InChI=1S/C56H107NO5/c1-3-5-7-9-11-13-15-17-26-30-34-38-42-46-50-56(61)62-51-47-43-39-35-31-27-23-21-19-18-20-22-25-29-33-37-41-45-49-55(60)57-53(52-58)54(59)48-44-40-36-32-28-24-16-14-12-10-8-6-4-2/h15,17,44,48,53-54,58-59H,3-14,16,18-43,45-47,49-52H2,1-2H3,(H,57,60)/b17-15-,48-44+. The van der Waals surface area contributed by atoms with Crippen LogP contribution in [-0.4, -0.2) is 47.4 Å². The molecule has 6 nitrogen and oxygen atoms in total. The van der Waals surface area contributed by atoms with Gasteiger partial charge in [-0.05, 0) is 57.8 Å². The van der Waals surface area contributed by atoms with Gasteiger partial charge in [-0.2, -0.15) is 0 Å². The zero-order chi connectivity index (χ0) is 45.1. The number of rotatable bonds is 51. The summed E-state index contributed by atoms with van der Waals surface area (Å²) in [5.74, 6) is -0.0743. The van der Waals surface area contributed by atoms with Gasteiger partial charge in [0.05, 0.1) is 25.4 Å². The first-order valence-electron chi connectivity index (χ1n) is 27.6. The average molecular weight is 874 g/mol. The molecule has 366 valence electrons. The number of hydrogen-bond acceptors (Lipinski definition) is 5. The van der Waals surface area contributed by atoms with Gasteiger partial charge in [0.1, 0.15) is 0 Å². The Kier molecular flexibility index (Phi) is 50.6. The van der Waals surface area contributed by atoms with Gasteiger partial charge in [0.2, 0.25) is 5.91 Å². The molecule has 0 saturated carbocycles. The fourth-order valence-electron chi connectivity index (χ4n) is 8.45. The lowest BCUT2D eigenvalue weighted by molar-refractivity contribution is -0.143. The maximum Gasteiger partial charge on any atom is 0.305 e. The van der Waals surface area contributed by atoms with Crippen LogP contribution in [0, 0.1) is 0 Å². The van der Waals surface area contributed by atoms with Crippen LogP contribution in [0.3, 0.4) is 0 Å². The molecule has 0 saturated heterocycles. The molecule has 0 rings (SSSR count). The lowest BCUT2D eigenvalue weighted by Gasteiger charge is -2.20. The van der Waals surface area contributed by atoms with E-state index in [0.717, 1.165) is 44.9 Å². The predicted molar refractivity (Wildman–Crippen MR) is 269 cm³/mol. The monoisotopic (exact) mass is 874 g/mol. The van der Waals surface area contributed by atoms with Gasteiger partial charge in [-0.25, -0.2) is 0 Å². The van der Waals surface area contributed by atoms with E-state index in [-0.39, 0.29) is 18.5 Å². The van der Waals surface area contributed by atoms with Gasteiger partial charge in [-0.15, -0.1) is 0 Å². The average Bonchev–Trinajstić information content (AvgIpc) is 3.27. The van der Waals surface area contributed by atoms with Crippen LogP contribution >= 0.6 is 0 Å². The van der Waals surface area contributed by atoms with Gasteiger partial charge in [0.15, 0.2) is 0 Å². The summed E-state index contributed by atoms with van der Waals surface area (Å²) in [6.45, 7) is 4.88. The van der Waals surface area contributed by atoms with Crippen molar-refractivity contribution in [2.45, 2.75) is 309 Å². The number of allylic oxidation sites excluding steroid dienone is 3. The highest BCUT2D eigenvalue weighted by atomic mass is 16.5. The summed E-state index contributed by atoms with van der Waals surface area (Å²) in [5, 5.41) is 23.0. The summed E-state index contributed by atoms with van der Waals surface area (Å²) in [6.07, 6.45) is 61.9. The van der Waals surface area contributed by atoms with Crippen LogP contribution in [0.4, 0.5) is 0 Å². The van der Waals surface area contributed by atoms with E-state index >= 15 is 0 Å². The van der Waals surface area contributed by atoms with Gasteiger partial charge >= 0.3 is 5.97 Å². The molecule has 0 heterocycles. The van der Waals surface area contributed by atoms with E-state index in [9.17, 15) is 19.8 Å². The van der Waals surface area contributed by atoms with Crippen LogP contribution in [0.2, 0.25) is 0 Å². The molecule has 0 aliphatic rings. The second-order valence-corrected chi connectivity index (χ2v) is 18.9. The summed E-state index contributed by atoms with van der Waals surface area (Å²) in [5.41, 5.74) is 0. The second kappa shape index (κ2) is 52.0. The molecule has 0 spiro atoms. The Bertz CT molecular complexity index is 966. The van der Waals surface area contributed by atoms with Crippen molar-refractivity contribution in [2.75, 3.05) is 13.2 Å². The summed E-state index contributed by atoms with van der Waals surface area (Å²) < 4.78 is 5.47. The first kappa shape index (κ1) is 60.3. The molecule has 0 aliphatic carbocycles. The minimum Gasteiger partial charge on any atom is -0.466 e. The molecule has 2 unspecified atom stereocenters. The molecule has 3 N–H and O–H groups in total. The van der Waals surface area contributed by atoms with Crippen LogP contribution < -0.4 is 5.32 Å². The minimum atomic E-state index is -0.846. The van der Waals surface area contributed by atoms with Crippen LogP contribution in [0.1, 0.15) is 296 Å². The molecule has 0 aliphatic heterocycles. The van der Waals surface area contributed by atoms with E-state index in [4.69, 9.17) is 4.74 Å². The molecule has 0 radical (unpaired) electrons. The molecule has 6 heteroatoms. The largest absolute Gasteiger partial charge is 0.466 e. The third kappa shape index (κ3) is 47.8. The Hall–Kier alpha value is -1.66. The van der Waals surface area contributed by atoms with Crippen molar-refractivity contribution < 1.29 is 24.5 Å². The quantitative estimate of drug-likeness (QED) is 0.0321. The van der Waals surface area contributed by atoms with E-state index < -0.39 is 12.1 Å². The van der Waals surface area contributed by atoms with Crippen molar-refractivity contribution in [1.29, 1.82) is 0 Å². The van der Waals surface area contributed by atoms with Crippen molar-refractivity contribution in [3.05, 3.63) is 24.3 Å². The van der Waals surface area contributed by atoms with Crippen LogP contribution in [-0.2, 0) is 14.3 Å². The number of unbranched alkanes of at least 4 members (excludes halogenated alkanes) is 38. The van der Waals surface area contributed by atoms with E-state index in [1.165, 1.54) is 225 Å². The lowest BCUT2D eigenvalue weighted by atomic mass is 10.0. The summed E-state index contributed by atoms with van der Waals surface area (Å²) in [7, 11) is 0. The molecule has 0 bridgehead atoms. The molecule has 1 amide bonds. The second-order valence-electron chi connectivity index (χ2n) is 18.9. The fourth-order valence-corrected chi connectivity index (χ4v) is 8.45. The van der Waals surface area contributed by atoms with Gasteiger partial charge in [0, 0.05) is 12.8 Å².